The minimum absolute atomic E-state index is 0.0118. The van der Waals surface area contributed by atoms with E-state index in [9.17, 15) is 35.1 Å². The topological polar surface area (TPSA) is 175 Å². The van der Waals surface area contributed by atoms with Crippen molar-refractivity contribution in [3.05, 3.63) is 48.6 Å². The molecule has 1 aliphatic rings. The van der Waals surface area contributed by atoms with Crippen molar-refractivity contribution in [2.75, 3.05) is 19.8 Å². The van der Waals surface area contributed by atoms with Gasteiger partial charge in [0.2, 0.25) is 5.91 Å². The van der Waals surface area contributed by atoms with Gasteiger partial charge in [-0.05, 0) is 77.0 Å². The molecule has 0 aromatic heterocycles. The molecule has 1 rings (SSSR count). The van der Waals surface area contributed by atoms with Crippen LogP contribution < -0.4 is 5.32 Å². The van der Waals surface area contributed by atoms with Crippen molar-refractivity contribution in [3.8, 4) is 0 Å². The Morgan fingerprint density at radius 3 is 1.25 bits per heavy atom. The van der Waals surface area contributed by atoms with Crippen molar-refractivity contribution in [2.24, 2.45) is 0 Å². The number of unbranched alkanes of at least 4 members (excludes halogenated alkanes) is 42. The van der Waals surface area contributed by atoms with E-state index in [4.69, 9.17) is 14.2 Å². The highest BCUT2D eigenvalue weighted by molar-refractivity contribution is 5.76. The summed E-state index contributed by atoms with van der Waals surface area (Å²) in [7, 11) is 0. The standard InChI is InChI=1S/C72H133NO10/c1-3-5-7-9-11-13-15-40-44-48-52-56-60-68(77)81-61-57-53-49-45-41-38-36-34-32-30-28-26-24-22-20-18-16-17-19-21-23-25-27-29-31-33-35-37-39-43-47-51-55-59-67(76)73-64(63-82-72-71(80)70(79)69(78)66(62-74)83-72)65(75)58-54-50-46-42-14-12-10-8-6-4-2/h6,8,14,20,22,42,54,58,64-66,69-72,74-75,78-80H,3-5,7,9-13,15-19,21,23-41,43-53,55-57,59-63H2,1-2H3,(H,73,76)/b8-6+,22-20-,42-14+,58-54+. The third kappa shape index (κ3) is 50.3. The zero-order valence-corrected chi connectivity index (χ0v) is 53.9. The summed E-state index contributed by atoms with van der Waals surface area (Å²) in [6.45, 7) is 4.23. The molecule has 6 N–H and O–H groups in total. The number of esters is 1. The van der Waals surface area contributed by atoms with E-state index < -0.39 is 49.5 Å². The third-order valence-electron chi connectivity index (χ3n) is 16.7. The lowest BCUT2D eigenvalue weighted by molar-refractivity contribution is -0.302. The van der Waals surface area contributed by atoms with Crippen LogP contribution in [0, 0.1) is 0 Å². The molecule has 486 valence electrons. The van der Waals surface area contributed by atoms with Gasteiger partial charge in [0.05, 0.1) is 32.0 Å². The number of ether oxygens (including phenoxy) is 3. The molecule has 0 spiro atoms. The quantitative estimate of drug-likeness (QED) is 0.0195. The zero-order valence-electron chi connectivity index (χ0n) is 53.9. The predicted molar refractivity (Wildman–Crippen MR) is 347 cm³/mol. The molecule has 11 heteroatoms. The second-order valence-electron chi connectivity index (χ2n) is 24.5. The van der Waals surface area contributed by atoms with Crippen LogP contribution in [-0.2, 0) is 23.8 Å². The summed E-state index contributed by atoms with van der Waals surface area (Å²) >= 11 is 0. The second kappa shape index (κ2) is 61.3. The van der Waals surface area contributed by atoms with Crippen molar-refractivity contribution in [1.82, 2.24) is 5.32 Å². The number of nitrogens with one attached hydrogen (secondary N) is 1. The summed E-state index contributed by atoms with van der Waals surface area (Å²) in [5.74, 6) is -0.183. The third-order valence-corrected chi connectivity index (χ3v) is 16.7. The van der Waals surface area contributed by atoms with Crippen molar-refractivity contribution < 1.29 is 49.3 Å². The maximum atomic E-state index is 13.0. The number of hydrogen-bond acceptors (Lipinski definition) is 10. The lowest BCUT2D eigenvalue weighted by Gasteiger charge is -2.40. The molecule has 0 aromatic rings. The van der Waals surface area contributed by atoms with E-state index in [0.29, 0.717) is 19.4 Å². The first-order valence-electron chi connectivity index (χ1n) is 35.4. The number of hydrogen-bond donors (Lipinski definition) is 6. The maximum absolute atomic E-state index is 13.0. The number of carbonyl (C=O) groups excluding carboxylic acids is 2. The van der Waals surface area contributed by atoms with E-state index in [1.54, 1.807) is 6.08 Å². The molecule has 1 fully saturated rings. The van der Waals surface area contributed by atoms with Crippen LogP contribution in [-0.4, -0.2) is 100 Å². The Morgan fingerprint density at radius 2 is 0.819 bits per heavy atom. The summed E-state index contributed by atoms with van der Waals surface area (Å²) in [5, 5.41) is 54.3. The lowest BCUT2D eigenvalue weighted by Crippen LogP contribution is -2.60. The number of aliphatic hydroxyl groups excluding tert-OH is 5. The average Bonchev–Trinajstić information content (AvgIpc) is 3.53. The first kappa shape index (κ1) is 78.6. The summed E-state index contributed by atoms with van der Waals surface area (Å²) < 4.78 is 16.7. The fourth-order valence-electron chi connectivity index (χ4n) is 11.1. The van der Waals surface area contributed by atoms with Crippen LogP contribution in [0.1, 0.15) is 335 Å². The molecule has 0 radical (unpaired) electrons. The van der Waals surface area contributed by atoms with Gasteiger partial charge >= 0.3 is 5.97 Å². The van der Waals surface area contributed by atoms with Crippen LogP contribution in [0.3, 0.4) is 0 Å². The Hall–Kier alpha value is -2.38. The molecule has 7 atom stereocenters. The van der Waals surface area contributed by atoms with E-state index in [2.05, 4.69) is 55.6 Å². The van der Waals surface area contributed by atoms with E-state index >= 15 is 0 Å². The minimum Gasteiger partial charge on any atom is -0.466 e. The average molecular weight is 1170 g/mol. The van der Waals surface area contributed by atoms with E-state index in [0.717, 1.165) is 64.2 Å². The number of carbonyl (C=O) groups is 2. The Morgan fingerprint density at radius 1 is 0.446 bits per heavy atom. The van der Waals surface area contributed by atoms with Gasteiger partial charge in [0.1, 0.15) is 24.4 Å². The summed E-state index contributed by atoms with van der Waals surface area (Å²) in [6, 6.07) is -0.832. The normalized spacial score (nSPS) is 18.4. The molecule has 0 aromatic carbocycles. The van der Waals surface area contributed by atoms with Gasteiger partial charge in [-0.25, -0.2) is 0 Å². The van der Waals surface area contributed by atoms with Gasteiger partial charge in [0, 0.05) is 12.8 Å². The highest BCUT2D eigenvalue weighted by Crippen LogP contribution is 2.23. The van der Waals surface area contributed by atoms with Gasteiger partial charge < -0.3 is 45.1 Å². The smallest absolute Gasteiger partial charge is 0.305 e. The molecule has 7 unspecified atom stereocenters. The van der Waals surface area contributed by atoms with Gasteiger partial charge in [-0.1, -0.05) is 294 Å². The van der Waals surface area contributed by atoms with Gasteiger partial charge in [0.15, 0.2) is 6.29 Å². The van der Waals surface area contributed by atoms with Gasteiger partial charge in [-0.3, -0.25) is 9.59 Å². The predicted octanol–water partition coefficient (Wildman–Crippen LogP) is 18.0. The number of amides is 1. The first-order chi connectivity index (χ1) is 40.7. The molecular weight excluding hydrogens is 1040 g/mol. The molecule has 0 bridgehead atoms. The van der Waals surface area contributed by atoms with Crippen molar-refractivity contribution in [3.63, 3.8) is 0 Å². The molecule has 1 saturated heterocycles. The molecule has 0 aliphatic carbocycles. The SMILES string of the molecule is CC/C=C/CC/C=C/CC/C=C/C(O)C(COC1OC(CO)C(O)C(O)C1O)NC(=O)CCCCCCCCCCCCCCCCCCC/C=C\CCCCCCCCCCCCCCOC(=O)CCCCCCCCCCCCCC. The number of allylic oxidation sites excluding steroid dienone is 7. The van der Waals surface area contributed by atoms with Gasteiger partial charge in [-0.15, -0.1) is 0 Å². The summed E-state index contributed by atoms with van der Waals surface area (Å²) in [5.41, 5.74) is 0. The molecular formula is C72H133NO10. The first-order valence-corrected chi connectivity index (χ1v) is 35.4. The second-order valence-corrected chi connectivity index (χ2v) is 24.5. The fraction of sp³-hybridized carbons (Fsp3) is 0.861. The van der Waals surface area contributed by atoms with E-state index in [-0.39, 0.29) is 18.5 Å². The van der Waals surface area contributed by atoms with Crippen molar-refractivity contribution in [1.29, 1.82) is 0 Å². The van der Waals surface area contributed by atoms with E-state index in [1.165, 1.54) is 244 Å². The lowest BCUT2D eigenvalue weighted by atomic mass is 9.99. The largest absolute Gasteiger partial charge is 0.466 e. The number of rotatable bonds is 62. The Balaban J connectivity index is 1.92. The van der Waals surface area contributed by atoms with Crippen LogP contribution in [0.5, 0.6) is 0 Å². The van der Waals surface area contributed by atoms with Crippen LogP contribution in [0.25, 0.3) is 0 Å². The Labute approximate surface area is 510 Å². The molecule has 1 amide bonds. The monoisotopic (exact) mass is 1170 g/mol. The molecule has 11 nitrogen and oxygen atoms in total. The molecule has 1 heterocycles. The highest BCUT2D eigenvalue weighted by atomic mass is 16.7. The molecule has 1 aliphatic heterocycles. The van der Waals surface area contributed by atoms with Crippen molar-refractivity contribution in [2.45, 2.75) is 378 Å². The van der Waals surface area contributed by atoms with Gasteiger partial charge in [0.25, 0.3) is 0 Å². The van der Waals surface area contributed by atoms with Crippen LogP contribution in [0.4, 0.5) is 0 Å². The molecule has 0 saturated carbocycles. The fourth-order valence-corrected chi connectivity index (χ4v) is 11.1. The summed E-state index contributed by atoms with van der Waals surface area (Å²) in [4.78, 5) is 25.1. The maximum Gasteiger partial charge on any atom is 0.305 e. The molecule has 83 heavy (non-hydrogen) atoms. The van der Waals surface area contributed by atoms with Crippen LogP contribution in [0.2, 0.25) is 0 Å². The highest BCUT2D eigenvalue weighted by Gasteiger charge is 2.44. The van der Waals surface area contributed by atoms with E-state index in [1.807, 2.05) is 6.08 Å². The van der Waals surface area contributed by atoms with Gasteiger partial charge in [-0.2, -0.15) is 0 Å². The Kier molecular flexibility index (Phi) is 58.0. The van der Waals surface area contributed by atoms with Crippen LogP contribution in [0.15, 0.2) is 48.6 Å². The minimum atomic E-state index is -1.58. The summed E-state index contributed by atoms with van der Waals surface area (Å²) in [6.07, 6.45) is 69.9. The zero-order chi connectivity index (χ0) is 60.2. The van der Waals surface area contributed by atoms with Crippen LogP contribution >= 0.6 is 0 Å². The van der Waals surface area contributed by atoms with Crippen molar-refractivity contribution >= 4 is 11.9 Å². The number of aliphatic hydroxyl groups is 5. The Bertz CT molecular complexity index is 1520.